The highest BCUT2D eigenvalue weighted by molar-refractivity contribution is 5.95. The second-order valence-corrected chi connectivity index (χ2v) is 14.1. The minimum absolute atomic E-state index is 0.0267. The zero-order valence-corrected chi connectivity index (χ0v) is 30.0. The number of ether oxygens (including phenoxy) is 1. The number of pyridine rings is 1. The van der Waals surface area contributed by atoms with Crippen LogP contribution in [-0.4, -0.2) is 76.9 Å². The molecule has 52 heavy (non-hydrogen) atoms. The highest BCUT2D eigenvalue weighted by Gasteiger charge is 2.35. The number of aromatic amines is 1. The SMILES string of the molecule is C1CN2CCC1CC2.CC1(NC(=O)c2cccc(COCCCCNCC(O)c3ccc(O)c4[nH]c(=O)ccc34)c2)CCc2ccccc21.O=CO. The molecule has 2 atom stereocenters. The van der Waals surface area contributed by atoms with E-state index in [1.54, 1.807) is 12.1 Å². The number of aliphatic hydroxyl groups is 1. The van der Waals surface area contributed by atoms with E-state index in [0.717, 1.165) is 37.2 Å². The van der Waals surface area contributed by atoms with Crippen LogP contribution < -0.4 is 16.2 Å². The number of amides is 1. The molecule has 11 nitrogen and oxygen atoms in total. The second-order valence-electron chi connectivity index (χ2n) is 14.1. The number of nitrogens with one attached hydrogen (secondary N) is 3. The zero-order chi connectivity index (χ0) is 36.9. The van der Waals surface area contributed by atoms with Crippen molar-refractivity contribution in [3.8, 4) is 5.75 Å². The lowest BCUT2D eigenvalue weighted by Crippen LogP contribution is -2.41. The van der Waals surface area contributed by atoms with Crippen molar-refractivity contribution >= 4 is 23.3 Å². The van der Waals surface area contributed by atoms with Gasteiger partial charge in [-0.1, -0.05) is 42.5 Å². The first-order valence-corrected chi connectivity index (χ1v) is 18.3. The normalized spacial score (nSPS) is 20.5. The lowest BCUT2D eigenvalue weighted by Gasteiger charge is -2.38. The Labute approximate surface area is 305 Å². The van der Waals surface area contributed by atoms with Gasteiger partial charge >= 0.3 is 0 Å². The van der Waals surface area contributed by atoms with Gasteiger partial charge in [0.2, 0.25) is 5.56 Å². The summed E-state index contributed by atoms with van der Waals surface area (Å²) in [7, 11) is 0. The second kappa shape index (κ2) is 18.8. The Bertz CT molecular complexity index is 1810. The first-order valence-electron chi connectivity index (χ1n) is 18.3. The Morgan fingerprint density at radius 2 is 1.79 bits per heavy atom. The summed E-state index contributed by atoms with van der Waals surface area (Å²) in [5.41, 5.74) is 4.39. The molecule has 4 heterocycles. The number of phenols is 1. The van der Waals surface area contributed by atoms with E-state index in [4.69, 9.17) is 14.6 Å². The van der Waals surface area contributed by atoms with Crippen molar-refractivity contribution < 1.29 is 29.6 Å². The molecule has 1 aromatic heterocycles. The smallest absolute Gasteiger partial charge is 0.290 e. The van der Waals surface area contributed by atoms with Crippen LogP contribution in [0.25, 0.3) is 10.9 Å². The van der Waals surface area contributed by atoms with Crippen LogP contribution in [0.3, 0.4) is 0 Å². The molecule has 3 aromatic carbocycles. The predicted octanol–water partition coefficient (Wildman–Crippen LogP) is 5.25. The van der Waals surface area contributed by atoms with Crippen LogP contribution in [0.1, 0.15) is 84.2 Å². The van der Waals surface area contributed by atoms with Crippen LogP contribution in [0.15, 0.2) is 77.6 Å². The Balaban J connectivity index is 0.000000405. The summed E-state index contributed by atoms with van der Waals surface area (Å²) < 4.78 is 5.86. The molecule has 8 rings (SSSR count). The van der Waals surface area contributed by atoms with Gasteiger partial charge in [0.05, 0.1) is 23.8 Å². The lowest BCUT2D eigenvalue weighted by molar-refractivity contribution is -0.122. The standard InChI is InChI=1S/C33H37N3O5.C7H13N.CH2O2/c1-33(16-15-23-8-2-3-10-27(23)33)36-32(40)24-9-6-7-22(19-24)21-41-18-5-4-17-34-20-29(38)25-11-13-28(37)31-26(25)12-14-30(39)35-31;1-4-8-5-2-7(1)3-6-8;2-1-3/h2-3,6-14,19,29,34,37-38H,4-5,15-18,20-21H2,1H3,(H,35,39)(H,36,40);7H,1-6H2;1H,(H,2,3). The van der Waals surface area contributed by atoms with Crippen LogP contribution in [0.5, 0.6) is 5.75 Å². The van der Waals surface area contributed by atoms with Crippen molar-refractivity contribution in [2.75, 3.05) is 39.3 Å². The number of hydrogen-bond donors (Lipinski definition) is 6. The number of carboxylic acid groups (broad SMARTS) is 1. The van der Waals surface area contributed by atoms with Crippen molar-refractivity contribution in [2.24, 2.45) is 5.92 Å². The van der Waals surface area contributed by atoms with E-state index in [1.807, 2.05) is 36.4 Å². The van der Waals surface area contributed by atoms with Crippen LogP contribution in [0.2, 0.25) is 0 Å². The average molecular weight is 713 g/mol. The van der Waals surface area contributed by atoms with Gasteiger partial charge in [-0.15, -0.1) is 0 Å². The van der Waals surface area contributed by atoms with Gasteiger partial charge in [0.1, 0.15) is 5.75 Å². The number of unbranched alkanes of at least 4 members (excludes halogenated alkanes) is 1. The summed E-state index contributed by atoms with van der Waals surface area (Å²) in [5, 5.41) is 34.7. The van der Waals surface area contributed by atoms with Crippen molar-refractivity contribution in [3.05, 3.63) is 111 Å². The largest absolute Gasteiger partial charge is 0.506 e. The van der Waals surface area contributed by atoms with E-state index in [-0.39, 0.29) is 29.2 Å². The van der Waals surface area contributed by atoms with E-state index < -0.39 is 6.10 Å². The molecule has 4 aromatic rings. The molecule has 3 fully saturated rings. The summed E-state index contributed by atoms with van der Waals surface area (Å²) in [6.45, 7) is 8.11. The maximum atomic E-state index is 13.1. The molecule has 0 radical (unpaired) electrons. The predicted molar refractivity (Wildman–Crippen MR) is 201 cm³/mol. The minimum Gasteiger partial charge on any atom is -0.506 e. The molecule has 3 aliphatic heterocycles. The number of aryl methyl sites for hydroxylation is 1. The van der Waals surface area contributed by atoms with Gasteiger partial charge < -0.3 is 40.6 Å². The van der Waals surface area contributed by atoms with E-state index in [1.165, 1.54) is 62.2 Å². The molecule has 2 bridgehead atoms. The number of phenolic OH excluding ortho intramolecular Hbond substituents is 1. The molecule has 4 aliphatic rings. The first-order chi connectivity index (χ1) is 25.2. The molecule has 0 saturated carbocycles. The Morgan fingerprint density at radius 1 is 1.04 bits per heavy atom. The molecule has 11 heteroatoms. The topological polar surface area (TPSA) is 164 Å². The number of benzene rings is 3. The monoisotopic (exact) mass is 712 g/mol. The van der Waals surface area contributed by atoms with Gasteiger partial charge in [0.25, 0.3) is 12.4 Å². The number of hydrogen-bond acceptors (Lipinski definition) is 8. The Morgan fingerprint density at radius 3 is 2.50 bits per heavy atom. The Kier molecular flexibility index (Phi) is 14.0. The van der Waals surface area contributed by atoms with Gasteiger partial charge in [-0.2, -0.15) is 0 Å². The van der Waals surface area contributed by atoms with E-state index >= 15 is 0 Å². The third kappa shape index (κ3) is 10.3. The number of carbonyl (C=O) groups excluding carboxylic acids is 1. The first kappa shape index (κ1) is 38.7. The van der Waals surface area contributed by atoms with E-state index in [9.17, 15) is 19.8 Å². The number of aromatic nitrogens is 1. The summed E-state index contributed by atoms with van der Waals surface area (Å²) in [5.74, 6) is 1.01. The quantitative estimate of drug-likeness (QED) is 0.0851. The van der Waals surface area contributed by atoms with Crippen molar-refractivity contribution in [3.63, 3.8) is 0 Å². The third-order valence-corrected chi connectivity index (χ3v) is 10.4. The maximum Gasteiger partial charge on any atom is 0.290 e. The number of nitrogens with zero attached hydrogens (tertiary/aromatic N) is 1. The average Bonchev–Trinajstić information content (AvgIpc) is 3.50. The lowest BCUT2D eigenvalue weighted by atomic mass is 9.89. The third-order valence-electron chi connectivity index (χ3n) is 10.4. The highest BCUT2D eigenvalue weighted by atomic mass is 16.5. The number of H-pyrrole nitrogens is 1. The molecular formula is C41H52N4O7. The van der Waals surface area contributed by atoms with E-state index in [0.29, 0.717) is 48.3 Å². The fourth-order valence-corrected chi connectivity index (χ4v) is 7.46. The van der Waals surface area contributed by atoms with Gasteiger partial charge in [-0.25, -0.2) is 0 Å². The number of aliphatic hydroxyl groups excluding tert-OH is 1. The fourth-order valence-electron chi connectivity index (χ4n) is 7.46. The highest BCUT2D eigenvalue weighted by Crippen LogP contribution is 2.36. The minimum atomic E-state index is -0.782. The number of aromatic hydroxyl groups is 1. The van der Waals surface area contributed by atoms with E-state index in [2.05, 4.69) is 39.6 Å². The number of fused-ring (bicyclic) bond motifs is 5. The van der Waals surface area contributed by atoms with Crippen LogP contribution in [-0.2, 0) is 28.1 Å². The van der Waals surface area contributed by atoms with Gasteiger partial charge in [-0.05, 0) is 130 Å². The van der Waals surface area contributed by atoms with Crippen molar-refractivity contribution in [1.82, 2.24) is 20.5 Å². The van der Waals surface area contributed by atoms with Crippen LogP contribution in [0.4, 0.5) is 0 Å². The number of piperidine rings is 3. The van der Waals surface area contributed by atoms with Crippen molar-refractivity contribution in [2.45, 2.75) is 70.1 Å². The molecule has 3 saturated heterocycles. The summed E-state index contributed by atoms with van der Waals surface area (Å²) >= 11 is 0. The molecule has 278 valence electrons. The maximum absolute atomic E-state index is 13.1. The molecular weight excluding hydrogens is 660 g/mol. The molecule has 1 amide bonds. The van der Waals surface area contributed by atoms with Gasteiger partial charge in [0, 0.05) is 30.2 Å². The molecule has 2 unspecified atom stereocenters. The number of carbonyl (C=O) groups is 2. The zero-order valence-electron chi connectivity index (χ0n) is 30.0. The van der Waals surface area contributed by atoms with Gasteiger partial charge in [-0.3, -0.25) is 14.4 Å². The van der Waals surface area contributed by atoms with Crippen LogP contribution >= 0.6 is 0 Å². The summed E-state index contributed by atoms with van der Waals surface area (Å²) in [6.07, 6.45) is 7.26. The molecule has 0 spiro atoms. The number of rotatable bonds is 12. The molecule has 1 aliphatic carbocycles. The summed E-state index contributed by atoms with van der Waals surface area (Å²) in [6, 6.07) is 22.0. The van der Waals surface area contributed by atoms with Gasteiger partial charge in [0.15, 0.2) is 0 Å². The van der Waals surface area contributed by atoms with Crippen molar-refractivity contribution in [1.29, 1.82) is 0 Å². The Hall–Kier alpha value is -4.55. The van der Waals surface area contributed by atoms with Crippen LogP contribution in [0, 0.1) is 5.92 Å². The fraction of sp³-hybridized carbons (Fsp3) is 0.439. The molecule has 6 N–H and O–H groups in total. The summed E-state index contributed by atoms with van der Waals surface area (Å²) in [4.78, 5) is 38.2.